The fourth-order valence-electron chi connectivity index (χ4n) is 2.32. The zero-order valence-corrected chi connectivity index (χ0v) is 13.0. The highest BCUT2D eigenvalue weighted by molar-refractivity contribution is 5.43. The Bertz CT molecular complexity index is 389. The van der Waals surface area contributed by atoms with Crippen molar-refractivity contribution in [2.45, 2.75) is 40.2 Å². The van der Waals surface area contributed by atoms with Crippen LogP contribution in [0.3, 0.4) is 0 Å². The van der Waals surface area contributed by atoms with E-state index in [-0.39, 0.29) is 0 Å². The highest BCUT2D eigenvalue weighted by Crippen LogP contribution is 2.25. The van der Waals surface area contributed by atoms with Gasteiger partial charge in [-0.25, -0.2) is 0 Å². The molecule has 108 valence electrons. The van der Waals surface area contributed by atoms with Crippen LogP contribution in [0.1, 0.15) is 30.5 Å². The maximum atomic E-state index is 5.50. The molecule has 0 atom stereocenters. The zero-order chi connectivity index (χ0) is 14.3. The lowest BCUT2D eigenvalue weighted by molar-refractivity contribution is 0.406. The molecule has 0 unspecified atom stereocenters. The van der Waals surface area contributed by atoms with E-state index in [9.17, 15) is 0 Å². The quantitative estimate of drug-likeness (QED) is 0.708. The summed E-state index contributed by atoms with van der Waals surface area (Å²) in [5.41, 5.74) is 3.82. The molecule has 0 amide bonds. The molecule has 0 saturated carbocycles. The van der Waals surface area contributed by atoms with Crippen LogP contribution in [-0.2, 0) is 6.42 Å². The van der Waals surface area contributed by atoms with Gasteiger partial charge in [0.2, 0.25) is 0 Å². The average molecular weight is 264 g/mol. The van der Waals surface area contributed by atoms with Gasteiger partial charge in [0.05, 0.1) is 7.11 Å². The molecule has 3 nitrogen and oxygen atoms in total. The summed E-state index contributed by atoms with van der Waals surface area (Å²) < 4.78 is 5.50. The topological polar surface area (TPSA) is 33.3 Å². The number of nitrogens with one attached hydrogen (secondary N) is 2. The van der Waals surface area contributed by atoms with E-state index in [1.165, 1.54) is 16.7 Å². The zero-order valence-electron chi connectivity index (χ0n) is 13.0. The summed E-state index contributed by atoms with van der Waals surface area (Å²) in [4.78, 5) is 0. The van der Waals surface area contributed by atoms with Crippen molar-refractivity contribution in [2.24, 2.45) is 0 Å². The largest absolute Gasteiger partial charge is 0.496 e. The maximum absolute atomic E-state index is 5.50. The molecular weight excluding hydrogens is 236 g/mol. The van der Waals surface area contributed by atoms with Gasteiger partial charge in [-0.3, -0.25) is 0 Å². The molecule has 0 aliphatic rings. The van der Waals surface area contributed by atoms with Gasteiger partial charge in [-0.1, -0.05) is 31.5 Å². The Hall–Kier alpha value is -1.06. The molecular formula is C16H28N2O. The van der Waals surface area contributed by atoms with Crippen molar-refractivity contribution in [2.75, 3.05) is 26.7 Å². The van der Waals surface area contributed by atoms with E-state index in [4.69, 9.17) is 4.74 Å². The highest BCUT2D eigenvalue weighted by atomic mass is 16.5. The number of rotatable bonds is 8. The van der Waals surface area contributed by atoms with Crippen LogP contribution in [0.2, 0.25) is 0 Å². The standard InChI is InChI=1S/C16H28N2O/c1-12(2)18-9-8-17-7-6-15-11-13(3)10-14(4)16(15)19-5/h10-12,17-18H,6-9H2,1-5H3. The number of aryl methyl sites for hydroxylation is 2. The molecule has 0 bridgehead atoms. The molecule has 3 heteroatoms. The van der Waals surface area contributed by atoms with Crippen molar-refractivity contribution in [3.05, 3.63) is 28.8 Å². The monoisotopic (exact) mass is 264 g/mol. The molecule has 1 rings (SSSR count). The first-order valence-electron chi connectivity index (χ1n) is 7.12. The first kappa shape index (κ1) is 16.0. The molecule has 0 aromatic heterocycles. The number of hydrogen-bond acceptors (Lipinski definition) is 3. The van der Waals surface area contributed by atoms with Crippen LogP contribution >= 0.6 is 0 Å². The molecule has 0 aliphatic heterocycles. The van der Waals surface area contributed by atoms with Gasteiger partial charge in [0.15, 0.2) is 0 Å². The minimum atomic E-state index is 0.557. The molecule has 1 aromatic carbocycles. The first-order chi connectivity index (χ1) is 9.04. The number of hydrogen-bond donors (Lipinski definition) is 2. The van der Waals surface area contributed by atoms with E-state index >= 15 is 0 Å². The second-order valence-corrected chi connectivity index (χ2v) is 5.38. The molecule has 0 aliphatic carbocycles. The fourth-order valence-corrected chi connectivity index (χ4v) is 2.32. The van der Waals surface area contributed by atoms with Gasteiger partial charge in [-0.05, 0) is 37.9 Å². The van der Waals surface area contributed by atoms with Crippen LogP contribution < -0.4 is 15.4 Å². The van der Waals surface area contributed by atoms with Gasteiger partial charge >= 0.3 is 0 Å². The average Bonchev–Trinajstić information content (AvgIpc) is 2.32. The van der Waals surface area contributed by atoms with Crippen LogP contribution in [-0.4, -0.2) is 32.8 Å². The smallest absolute Gasteiger partial charge is 0.125 e. The van der Waals surface area contributed by atoms with Gasteiger partial charge in [0.1, 0.15) is 5.75 Å². The Labute approximate surface area is 117 Å². The second kappa shape index (κ2) is 8.18. The van der Waals surface area contributed by atoms with E-state index in [1.807, 2.05) is 0 Å². The second-order valence-electron chi connectivity index (χ2n) is 5.38. The van der Waals surface area contributed by atoms with Crippen LogP contribution in [0, 0.1) is 13.8 Å². The van der Waals surface area contributed by atoms with Crippen LogP contribution in [0.25, 0.3) is 0 Å². The molecule has 19 heavy (non-hydrogen) atoms. The molecule has 0 saturated heterocycles. The third-order valence-electron chi connectivity index (χ3n) is 3.13. The van der Waals surface area contributed by atoms with Gasteiger partial charge in [-0.2, -0.15) is 0 Å². The maximum Gasteiger partial charge on any atom is 0.125 e. The van der Waals surface area contributed by atoms with Crippen molar-refractivity contribution >= 4 is 0 Å². The molecule has 0 radical (unpaired) electrons. The van der Waals surface area contributed by atoms with Gasteiger partial charge in [-0.15, -0.1) is 0 Å². The lowest BCUT2D eigenvalue weighted by Crippen LogP contribution is -2.32. The van der Waals surface area contributed by atoms with E-state index in [1.54, 1.807) is 7.11 Å². The normalized spacial score (nSPS) is 11.1. The summed E-state index contributed by atoms with van der Waals surface area (Å²) in [7, 11) is 1.75. The Morgan fingerprint density at radius 1 is 1.11 bits per heavy atom. The van der Waals surface area contributed by atoms with E-state index < -0.39 is 0 Å². The summed E-state index contributed by atoms with van der Waals surface area (Å²) >= 11 is 0. The summed E-state index contributed by atoms with van der Waals surface area (Å²) in [6.45, 7) is 11.6. The third kappa shape index (κ3) is 5.62. The van der Waals surface area contributed by atoms with Gasteiger partial charge in [0.25, 0.3) is 0 Å². The number of benzene rings is 1. The first-order valence-corrected chi connectivity index (χ1v) is 7.12. The predicted molar refractivity (Wildman–Crippen MR) is 82.2 cm³/mol. The summed E-state index contributed by atoms with van der Waals surface area (Å²) in [5.74, 6) is 1.03. The minimum Gasteiger partial charge on any atom is -0.496 e. The van der Waals surface area contributed by atoms with Crippen molar-refractivity contribution in [1.82, 2.24) is 10.6 Å². The van der Waals surface area contributed by atoms with E-state index in [0.717, 1.165) is 31.8 Å². The Morgan fingerprint density at radius 3 is 2.47 bits per heavy atom. The molecule has 2 N–H and O–H groups in total. The van der Waals surface area contributed by atoms with Crippen molar-refractivity contribution in [3.8, 4) is 5.75 Å². The van der Waals surface area contributed by atoms with Gasteiger partial charge < -0.3 is 15.4 Å². The number of ether oxygens (including phenoxy) is 1. The minimum absolute atomic E-state index is 0.557. The van der Waals surface area contributed by atoms with Crippen molar-refractivity contribution in [3.63, 3.8) is 0 Å². The Kier molecular flexibility index (Phi) is 6.89. The van der Waals surface area contributed by atoms with Crippen LogP contribution in [0.5, 0.6) is 5.75 Å². The van der Waals surface area contributed by atoms with Crippen molar-refractivity contribution < 1.29 is 4.74 Å². The summed E-state index contributed by atoms with van der Waals surface area (Å²) in [6, 6.07) is 4.95. The van der Waals surface area contributed by atoms with Crippen LogP contribution in [0.15, 0.2) is 12.1 Å². The lowest BCUT2D eigenvalue weighted by Gasteiger charge is -2.13. The lowest BCUT2D eigenvalue weighted by atomic mass is 10.0. The molecule has 0 fully saturated rings. The Balaban J connectivity index is 2.40. The Morgan fingerprint density at radius 2 is 1.84 bits per heavy atom. The number of methoxy groups -OCH3 is 1. The van der Waals surface area contributed by atoms with E-state index in [2.05, 4.69) is 50.5 Å². The highest BCUT2D eigenvalue weighted by Gasteiger charge is 2.06. The van der Waals surface area contributed by atoms with E-state index in [0.29, 0.717) is 6.04 Å². The third-order valence-corrected chi connectivity index (χ3v) is 3.13. The fraction of sp³-hybridized carbons (Fsp3) is 0.625. The predicted octanol–water partition coefficient (Wildman–Crippen LogP) is 2.44. The summed E-state index contributed by atoms with van der Waals surface area (Å²) in [6.07, 6.45) is 1.01. The SMILES string of the molecule is COc1c(C)cc(C)cc1CCNCCNC(C)C. The van der Waals surface area contributed by atoms with Crippen LogP contribution in [0.4, 0.5) is 0 Å². The molecule has 0 spiro atoms. The summed E-state index contributed by atoms with van der Waals surface area (Å²) in [5, 5.41) is 6.86. The molecule has 1 aromatic rings. The molecule has 0 heterocycles. The van der Waals surface area contributed by atoms with Gasteiger partial charge in [0, 0.05) is 19.1 Å². The van der Waals surface area contributed by atoms with Crippen molar-refractivity contribution in [1.29, 1.82) is 0 Å².